The van der Waals surface area contributed by atoms with Crippen LogP contribution in [0.2, 0.25) is 20.1 Å². The number of benzene rings is 1. The van der Waals surface area contributed by atoms with Crippen LogP contribution >= 0.6 is 46.4 Å². The number of carbonyl (C=O) groups is 1. The van der Waals surface area contributed by atoms with Crippen LogP contribution in [-0.4, -0.2) is 5.78 Å². The number of allylic oxidation sites excluding steroid dienone is 2. The number of fused-ring (bicyclic) bond motifs is 3. The zero-order chi connectivity index (χ0) is 15.9. The minimum Gasteiger partial charge on any atom is -0.294 e. The summed E-state index contributed by atoms with van der Waals surface area (Å²) in [6.45, 7) is 7.91. The van der Waals surface area contributed by atoms with Crippen LogP contribution < -0.4 is 0 Å². The van der Waals surface area contributed by atoms with Crippen molar-refractivity contribution in [2.45, 2.75) is 39.5 Å². The van der Waals surface area contributed by atoms with Crippen LogP contribution in [0.4, 0.5) is 0 Å². The first-order valence-electron chi connectivity index (χ1n) is 6.67. The molecule has 3 rings (SSSR count). The van der Waals surface area contributed by atoms with Crippen LogP contribution in [0.1, 0.15) is 38.8 Å². The predicted molar refractivity (Wildman–Crippen MR) is 89.0 cm³/mol. The van der Waals surface area contributed by atoms with Gasteiger partial charge in [0, 0.05) is 5.41 Å². The monoisotopic (exact) mass is 362 g/mol. The first-order chi connectivity index (χ1) is 9.59. The Hall–Kier alpha value is -0.210. The maximum Gasteiger partial charge on any atom is 0.169 e. The molecule has 0 saturated carbocycles. The van der Waals surface area contributed by atoms with Crippen LogP contribution in [0.15, 0.2) is 11.1 Å². The Bertz CT molecular complexity index is 749. The van der Waals surface area contributed by atoms with Crippen LogP contribution in [0.25, 0.3) is 0 Å². The van der Waals surface area contributed by atoms with Crippen molar-refractivity contribution in [1.29, 1.82) is 0 Å². The summed E-state index contributed by atoms with van der Waals surface area (Å²) in [5.41, 5.74) is 2.42. The molecule has 1 nitrogen and oxygen atoms in total. The van der Waals surface area contributed by atoms with Crippen molar-refractivity contribution in [1.82, 2.24) is 0 Å². The summed E-state index contributed by atoms with van der Waals surface area (Å²) in [7, 11) is 0. The quantitative estimate of drug-likeness (QED) is 0.405. The van der Waals surface area contributed by atoms with E-state index in [2.05, 4.69) is 6.92 Å². The number of halogens is 4. The minimum absolute atomic E-state index is 0.0950. The van der Waals surface area contributed by atoms with Crippen LogP contribution in [0, 0.1) is 5.41 Å². The van der Waals surface area contributed by atoms with E-state index in [1.54, 1.807) is 0 Å². The second kappa shape index (κ2) is 4.41. The molecule has 0 bridgehead atoms. The number of rotatable bonds is 0. The Labute approximate surface area is 144 Å². The number of carbonyl (C=O) groups excluding carboxylic acids is 1. The molecule has 0 saturated heterocycles. The second-order valence-corrected chi connectivity index (χ2v) is 7.83. The van der Waals surface area contributed by atoms with E-state index in [-0.39, 0.29) is 21.2 Å². The van der Waals surface area contributed by atoms with Gasteiger partial charge >= 0.3 is 0 Å². The molecule has 112 valence electrons. The Balaban J connectivity index is 2.44. The van der Waals surface area contributed by atoms with Crippen molar-refractivity contribution < 1.29 is 4.79 Å². The number of hydrogen-bond donors (Lipinski definition) is 0. The average Bonchev–Trinajstić information content (AvgIpc) is 2.76. The third kappa shape index (κ3) is 1.54. The van der Waals surface area contributed by atoms with E-state index in [0.29, 0.717) is 16.5 Å². The van der Waals surface area contributed by atoms with Crippen LogP contribution in [0.3, 0.4) is 0 Å². The average molecular weight is 364 g/mol. The topological polar surface area (TPSA) is 17.1 Å². The largest absolute Gasteiger partial charge is 0.294 e. The highest BCUT2D eigenvalue weighted by Gasteiger charge is 2.63. The second-order valence-electron chi connectivity index (χ2n) is 6.32. The molecule has 0 fully saturated rings. The summed E-state index contributed by atoms with van der Waals surface area (Å²) < 4.78 is 0. The highest BCUT2D eigenvalue weighted by Crippen LogP contribution is 2.65. The molecule has 0 heterocycles. The van der Waals surface area contributed by atoms with Gasteiger partial charge in [0.2, 0.25) is 0 Å². The van der Waals surface area contributed by atoms with Gasteiger partial charge in [-0.2, -0.15) is 0 Å². The summed E-state index contributed by atoms with van der Waals surface area (Å²) in [4.78, 5) is 12.9. The molecule has 2 aliphatic rings. The normalized spacial score (nSPS) is 31.0. The van der Waals surface area contributed by atoms with Gasteiger partial charge in [-0.1, -0.05) is 58.9 Å². The molecule has 2 atom stereocenters. The van der Waals surface area contributed by atoms with Gasteiger partial charge in [-0.05, 0) is 43.9 Å². The Morgan fingerprint density at radius 2 is 1.43 bits per heavy atom. The summed E-state index contributed by atoms with van der Waals surface area (Å²) in [6, 6.07) is 0. The lowest BCUT2D eigenvalue weighted by atomic mass is 9.65. The highest BCUT2D eigenvalue weighted by molar-refractivity contribution is 6.52. The predicted octanol–water partition coefficient (Wildman–Crippen LogP) is 6.04. The van der Waals surface area contributed by atoms with Crippen molar-refractivity contribution >= 4 is 52.2 Å². The van der Waals surface area contributed by atoms with Crippen molar-refractivity contribution in [3.63, 3.8) is 0 Å². The van der Waals surface area contributed by atoms with Gasteiger partial charge in [0.15, 0.2) is 5.78 Å². The van der Waals surface area contributed by atoms with Crippen molar-refractivity contribution in [3.8, 4) is 0 Å². The molecule has 5 heteroatoms. The molecule has 0 aromatic heterocycles. The zero-order valence-electron chi connectivity index (χ0n) is 12.1. The fraction of sp³-hybridized carbons (Fsp3) is 0.438. The minimum atomic E-state index is -0.731. The molecule has 0 aliphatic heterocycles. The van der Waals surface area contributed by atoms with E-state index in [0.717, 1.165) is 22.3 Å². The van der Waals surface area contributed by atoms with E-state index in [1.807, 2.05) is 20.8 Å². The molecular formula is C16H14Cl4O. The van der Waals surface area contributed by atoms with Crippen molar-refractivity contribution in [2.75, 3.05) is 0 Å². The van der Waals surface area contributed by atoms with Gasteiger partial charge in [-0.25, -0.2) is 0 Å². The van der Waals surface area contributed by atoms with E-state index in [4.69, 9.17) is 46.4 Å². The molecule has 0 amide bonds. The lowest BCUT2D eigenvalue weighted by Crippen LogP contribution is -2.40. The number of ketones is 1. The Kier molecular flexibility index (Phi) is 3.29. The molecule has 0 N–H and O–H groups in total. The SMILES string of the molecule is CC1=C(C)[C@]2(C)Cc3c(Cl)c(Cl)c(Cl)c(Cl)c3[C@]2(C)C1=O. The summed E-state index contributed by atoms with van der Waals surface area (Å²) in [5, 5.41) is 1.25. The molecule has 1 aromatic carbocycles. The van der Waals surface area contributed by atoms with Gasteiger partial charge < -0.3 is 0 Å². The fourth-order valence-corrected chi connectivity index (χ4v) is 5.15. The van der Waals surface area contributed by atoms with Crippen molar-refractivity contribution in [2.24, 2.45) is 5.41 Å². The first kappa shape index (κ1) is 15.7. The number of Topliss-reactive ketones (excluding diaryl/α,β-unsaturated/α-hetero) is 1. The maximum atomic E-state index is 12.9. The van der Waals surface area contributed by atoms with Gasteiger partial charge in [0.05, 0.1) is 25.5 Å². The summed E-state index contributed by atoms with van der Waals surface area (Å²) in [6.07, 6.45) is 0.642. The Morgan fingerprint density at radius 1 is 0.905 bits per heavy atom. The summed E-state index contributed by atoms with van der Waals surface area (Å²) >= 11 is 25.2. The Morgan fingerprint density at radius 3 is 2.00 bits per heavy atom. The van der Waals surface area contributed by atoms with Crippen LogP contribution in [0.5, 0.6) is 0 Å². The molecule has 2 aliphatic carbocycles. The molecule has 0 spiro atoms. The van der Waals surface area contributed by atoms with Crippen molar-refractivity contribution in [3.05, 3.63) is 42.4 Å². The first-order valence-corrected chi connectivity index (χ1v) is 8.18. The van der Waals surface area contributed by atoms with Gasteiger partial charge in [0.1, 0.15) is 0 Å². The lowest BCUT2D eigenvalue weighted by Gasteiger charge is -2.36. The molecule has 0 radical (unpaired) electrons. The highest BCUT2D eigenvalue weighted by atomic mass is 35.5. The molecule has 21 heavy (non-hydrogen) atoms. The molecular weight excluding hydrogens is 350 g/mol. The van der Waals surface area contributed by atoms with E-state index < -0.39 is 5.41 Å². The van der Waals surface area contributed by atoms with Crippen LogP contribution in [-0.2, 0) is 16.6 Å². The van der Waals surface area contributed by atoms with Gasteiger partial charge in [-0.15, -0.1) is 0 Å². The number of hydrogen-bond acceptors (Lipinski definition) is 1. The van der Waals surface area contributed by atoms with Gasteiger partial charge in [-0.3, -0.25) is 4.79 Å². The zero-order valence-corrected chi connectivity index (χ0v) is 15.2. The maximum absolute atomic E-state index is 12.9. The summed E-state index contributed by atoms with van der Waals surface area (Å²) in [5.74, 6) is 0.0950. The molecule has 0 unspecified atom stereocenters. The smallest absolute Gasteiger partial charge is 0.169 e. The van der Waals surface area contributed by atoms with E-state index in [1.165, 1.54) is 0 Å². The van der Waals surface area contributed by atoms with E-state index >= 15 is 0 Å². The molecule has 1 aromatic rings. The van der Waals surface area contributed by atoms with Gasteiger partial charge in [0.25, 0.3) is 0 Å². The lowest BCUT2D eigenvalue weighted by molar-refractivity contribution is -0.121. The van der Waals surface area contributed by atoms with E-state index in [9.17, 15) is 4.79 Å². The third-order valence-electron chi connectivity index (χ3n) is 5.68. The standard InChI is InChI=1S/C16H14Cl4O/c1-6-7(2)15(3)5-8-9(16(15,4)14(6)21)11(18)13(20)12(19)10(8)17/h5H2,1-4H3/t15-,16+/m0/s1. The third-order valence-corrected chi connectivity index (χ3v) is 7.52. The fourth-order valence-electron chi connectivity index (χ4n) is 4.00.